The van der Waals surface area contributed by atoms with Gasteiger partial charge in [0.05, 0.1) is 44.6 Å². The molecule has 0 radical (unpaired) electrons. The third-order valence-corrected chi connectivity index (χ3v) is 10.7. The zero-order valence-electron chi connectivity index (χ0n) is 28.7. The van der Waals surface area contributed by atoms with Crippen LogP contribution in [0.3, 0.4) is 0 Å². The van der Waals surface area contributed by atoms with Crippen molar-refractivity contribution in [2.75, 3.05) is 64.6 Å². The number of piperazine rings is 1. The number of carbonyl (C=O) groups is 1. The standard InChI is InChI=1S/C37H35F5N6O5/c1-3-24-26(38)7-4-20-14-23(49)15-25(27(20)24)30-29(39)31-28(33(43-30)51-2)32(47-16-21-5-6-22(17-47)48(21)34(50)37(40,41)42)45-35(44-31)53-19-36(8-9-36)18-46-10-12-52-13-11-46/h1,4,7,14-15,21-22,49H,5-6,8-13,16-19H2,2H3. The number of methoxy groups -OCH3 is 1. The summed E-state index contributed by atoms with van der Waals surface area (Å²) in [4.78, 5) is 31.0. The minimum Gasteiger partial charge on any atom is -0.508 e. The lowest BCUT2D eigenvalue weighted by molar-refractivity contribution is -0.188. The van der Waals surface area contributed by atoms with Crippen LogP contribution in [0.15, 0.2) is 24.3 Å². The fraction of sp³-hybridized carbons (Fsp3) is 0.459. The number of carbonyl (C=O) groups excluding carboxylic acids is 1. The average Bonchev–Trinajstić information content (AvgIpc) is 3.85. The molecule has 4 aliphatic rings. The number of phenolic OH excluding ortho intramolecular Hbond substituents is 1. The maximum atomic E-state index is 17.1. The van der Waals surface area contributed by atoms with Crippen LogP contribution in [0.2, 0.25) is 0 Å². The van der Waals surface area contributed by atoms with Crippen LogP contribution in [0, 0.1) is 29.4 Å². The van der Waals surface area contributed by atoms with Crippen LogP contribution in [-0.2, 0) is 9.53 Å². The molecule has 4 fully saturated rings. The molecule has 2 atom stereocenters. The second-order valence-electron chi connectivity index (χ2n) is 14.2. The van der Waals surface area contributed by atoms with Crippen molar-refractivity contribution in [3.05, 3.63) is 41.5 Å². The van der Waals surface area contributed by atoms with Crippen LogP contribution in [0.5, 0.6) is 17.6 Å². The third-order valence-electron chi connectivity index (χ3n) is 10.7. The van der Waals surface area contributed by atoms with Crippen molar-refractivity contribution in [1.82, 2.24) is 24.8 Å². The summed E-state index contributed by atoms with van der Waals surface area (Å²) in [5.41, 5.74) is -0.982. The Bertz CT molecular complexity index is 2150. The van der Waals surface area contributed by atoms with Crippen molar-refractivity contribution < 1.29 is 46.1 Å². The van der Waals surface area contributed by atoms with Crippen LogP contribution in [0.25, 0.3) is 32.9 Å². The fourth-order valence-corrected chi connectivity index (χ4v) is 8.01. The maximum Gasteiger partial charge on any atom is 0.471 e. The van der Waals surface area contributed by atoms with Crippen LogP contribution in [-0.4, -0.2) is 114 Å². The van der Waals surface area contributed by atoms with Gasteiger partial charge in [0.1, 0.15) is 34.0 Å². The summed E-state index contributed by atoms with van der Waals surface area (Å²) in [6, 6.07) is 3.41. The summed E-state index contributed by atoms with van der Waals surface area (Å²) in [5.74, 6) is -1.57. The summed E-state index contributed by atoms with van der Waals surface area (Å²) < 4.78 is 90.3. The number of terminal acetylenes is 1. The first-order chi connectivity index (χ1) is 25.4. The van der Waals surface area contributed by atoms with E-state index < -0.39 is 35.8 Å². The highest BCUT2D eigenvalue weighted by molar-refractivity contribution is 6.04. The van der Waals surface area contributed by atoms with E-state index in [1.54, 1.807) is 4.90 Å². The van der Waals surface area contributed by atoms with Gasteiger partial charge in [0.15, 0.2) is 5.82 Å². The van der Waals surface area contributed by atoms with Crippen molar-refractivity contribution in [3.8, 4) is 41.2 Å². The Kier molecular flexibility index (Phi) is 8.68. The predicted molar refractivity (Wildman–Crippen MR) is 183 cm³/mol. The number of alkyl halides is 3. The van der Waals surface area contributed by atoms with E-state index in [4.69, 9.17) is 25.6 Å². The number of benzene rings is 2. The maximum absolute atomic E-state index is 17.1. The monoisotopic (exact) mass is 738 g/mol. The van der Waals surface area contributed by atoms with Gasteiger partial charge in [-0.3, -0.25) is 9.69 Å². The van der Waals surface area contributed by atoms with Crippen LogP contribution < -0.4 is 14.4 Å². The molecule has 2 aromatic heterocycles. The summed E-state index contributed by atoms with van der Waals surface area (Å²) in [7, 11) is 1.30. The number of amides is 1. The van der Waals surface area contributed by atoms with Gasteiger partial charge in [-0.05, 0) is 49.3 Å². The van der Waals surface area contributed by atoms with Gasteiger partial charge in [-0.15, -0.1) is 6.42 Å². The summed E-state index contributed by atoms with van der Waals surface area (Å²) in [5, 5.41) is 11.1. The highest BCUT2D eigenvalue weighted by atomic mass is 19.4. The van der Waals surface area contributed by atoms with Gasteiger partial charge >= 0.3 is 18.1 Å². The summed E-state index contributed by atoms with van der Waals surface area (Å²) in [6.45, 7) is 3.80. The number of rotatable bonds is 8. The fourth-order valence-electron chi connectivity index (χ4n) is 8.01. The number of nitrogens with zero attached hydrogens (tertiary/aromatic N) is 6. The molecule has 2 bridgehead atoms. The zero-order valence-corrected chi connectivity index (χ0v) is 28.7. The van der Waals surface area contributed by atoms with Gasteiger partial charge in [0, 0.05) is 49.1 Å². The smallest absolute Gasteiger partial charge is 0.471 e. The van der Waals surface area contributed by atoms with E-state index in [9.17, 15) is 27.5 Å². The first-order valence-electron chi connectivity index (χ1n) is 17.3. The molecule has 1 N–H and O–H groups in total. The Hall–Kier alpha value is -5.01. The number of hydrogen-bond donors (Lipinski definition) is 1. The number of halogens is 5. The minimum absolute atomic E-state index is 0.0208. The first kappa shape index (κ1) is 35.0. The predicted octanol–water partition coefficient (Wildman–Crippen LogP) is 5.05. The Morgan fingerprint density at radius 3 is 2.43 bits per heavy atom. The molecule has 3 aliphatic heterocycles. The molecule has 53 heavy (non-hydrogen) atoms. The molecule has 2 aromatic carbocycles. The van der Waals surface area contributed by atoms with E-state index in [1.165, 1.54) is 25.3 Å². The molecule has 278 valence electrons. The Morgan fingerprint density at radius 1 is 1.08 bits per heavy atom. The second-order valence-corrected chi connectivity index (χ2v) is 14.2. The highest BCUT2D eigenvalue weighted by Gasteiger charge is 2.52. The first-order valence-corrected chi connectivity index (χ1v) is 17.3. The molecule has 1 saturated carbocycles. The zero-order chi connectivity index (χ0) is 37.2. The molecular weight excluding hydrogens is 703 g/mol. The number of pyridine rings is 1. The number of anilines is 1. The van der Waals surface area contributed by atoms with Crippen molar-refractivity contribution >= 4 is 33.4 Å². The largest absolute Gasteiger partial charge is 0.508 e. The quantitative estimate of drug-likeness (QED) is 0.195. The van der Waals surface area contributed by atoms with E-state index in [2.05, 4.69) is 20.8 Å². The van der Waals surface area contributed by atoms with E-state index in [-0.39, 0.29) is 81.7 Å². The lowest BCUT2D eigenvalue weighted by Gasteiger charge is -2.42. The van der Waals surface area contributed by atoms with Crippen molar-refractivity contribution in [2.24, 2.45) is 5.41 Å². The molecular formula is C37H35F5N6O5. The van der Waals surface area contributed by atoms with Gasteiger partial charge in [-0.25, -0.2) is 13.8 Å². The normalized spacial score (nSPS) is 21.2. The average molecular weight is 739 g/mol. The molecule has 4 aromatic rings. The van der Waals surface area contributed by atoms with E-state index in [1.807, 2.05) is 0 Å². The molecule has 5 heterocycles. The number of ether oxygens (including phenoxy) is 3. The molecule has 2 unspecified atom stereocenters. The molecule has 1 amide bonds. The van der Waals surface area contributed by atoms with Crippen molar-refractivity contribution in [2.45, 2.75) is 43.9 Å². The number of aromatic nitrogens is 3. The van der Waals surface area contributed by atoms with Gasteiger partial charge in [0.25, 0.3) is 0 Å². The molecule has 1 aliphatic carbocycles. The Morgan fingerprint density at radius 2 is 1.79 bits per heavy atom. The lowest BCUT2D eigenvalue weighted by atomic mass is 9.95. The number of phenols is 1. The SMILES string of the molecule is C#Cc1c(F)ccc2cc(O)cc(-c3nc(OC)c4c(N5CC6CCC(C5)N6C(=O)C(F)(F)F)nc(OCC5(CN6CCOCC6)CC5)nc4c3F)c12. The number of fused-ring (bicyclic) bond motifs is 4. The lowest BCUT2D eigenvalue weighted by Crippen LogP contribution is -2.59. The molecule has 11 nitrogen and oxygen atoms in total. The van der Waals surface area contributed by atoms with E-state index in [0.717, 1.165) is 43.4 Å². The minimum atomic E-state index is -5.03. The summed E-state index contributed by atoms with van der Waals surface area (Å²) in [6.07, 6.45) is 3.14. The Balaban J connectivity index is 1.26. The Labute approximate surface area is 300 Å². The highest BCUT2D eigenvalue weighted by Crippen LogP contribution is 2.48. The van der Waals surface area contributed by atoms with Gasteiger partial charge in [0.2, 0.25) is 5.88 Å². The van der Waals surface area contributed by atoms with Crippen LogP contribution >= 0.6 is 0 Å². The van der Waals surface area contributed by atoms with Crippen LogP contribution in [0.1, 0.15) is 31.2 Å². The van der Waals surface area contributed by atoms with Crippen molar-refractivity contribution in [1.29, 1.82) is 0 Å². The van der Waals surface area contributed by atoms with Crippen LogP contribution in [0.4, 0.5) is 27.8 Å². The topological polar surface area (TPSA) is 113 Å². The molecule has 0 spiro atoms. The molecule has 3 saturated heterocycles. The molecule has 8 rings (SSSR count). The van der Waals surface area contributed by atoms with Gasteiger partial charge in [-0.1, -0.05) is 12.0 Å². The van der Waals surface area contributed by atoms with Gasteiger partial charge < -0.3 is 29.1 Å². The van der Waals surface area contributed by atoms with E-state index >= 15 is 4.39 Å². The van der Waals surface area contributed by atoms with Gasteiger partial charge in [-0.2, -0.15) is 23.1 Å². The second kappa shape index (κ2) is 13.1. The number of aromatic hydroxyl groups is 1. The number of hydrogen-bond acceptors (Lipinski definition) is 10. The summed E-state index contributed by atoms with van der Waals surface area (Å²) >= 11 is 0. The molecule has 16 heteroatoms. The van der Waals surface area contributed by atoms with Crippen molar-refractivity contribution in [3.63, 3.8) is 0 Å². The van der Waals surface area contributed by atoms with E-state index in [0.29, 0.717) is 31.4 Å². The number of morpholine rings is 1. The third kappa shape index (κ3) is 6.29.